The molecule has 2 aromatic heterocycles. The Labute approximate surface area is 252 Å². The molecule has 1 aromatic carbocycles. The molecule has 3 aromatic rings. The van der Waals surface area contributed by atoms with Gasteiger partial charge in [0.25, 0.3) is 0 Å². The minimum atomic E-state index is -4.01. The standard InChI is InChI=1S/C27H31ClN5O9P/c1-15(2)6-5-10-36-23-20-22(31-25(29)32-23)33(14-30-20)24-27(3)21(40-26(34)41-27)19(39-24)13-38-43(35)37-11-9-18(42-43)16-7-4-8-17(28)12-16/h4,6-8,12,14,18-19,21,24H,5,9-11,13H2,1-3H3,(H2,29,31,32). The molecule has 16 heteroatoms. The van der Waals surface area contributed by atoms with Crippen molar-refractivity contribution in [3.05, 3.63) is 52.8 Å². The van der Waals surface area contributed by atoms with Gasteiger partial charge in [0.1, 0.15) is 6.10 Å². The average molecular weight is 636 g/mol. The number of aromatic nitrogens is 4. The highest BCUT2D eigenvalue weighted by atomic mass is 35.5. The number of imidazole rings is 1. The highest BCUT2D eigenvalue weighted by Crippen LogP contribution is 2.58. The number of halogens is 1. The van der Waals surface area contributed by atoms with E-state index >= 15 is 0 Å². The smallest absolute Gasteiger partial charge is 0.476 e. The first kappa shape index (κ1) is 29.8. The number of phosphoric acid groups is 1. The van der Waals surface area contributed by atoms with Crippen molar-refractivity contribution in [2.45, 2.75) is 63.8 Å². The zero-order chi connectivity index (χ0) is 30.4. The molecule has 0 saturated carbocycles. The Balaban J connectivity index is 1.22. The normalized spacial score (nSPS) is 30.1. The van der Waals surface area contributed by atoms with E-state index in [0.29, 0.717) is 35.6 Å². The molecule has 2 N–H and O–H groups in total. The van der Waals surface area contributed by atoms with Gasteiger partial charge in [0.05, 0.1) is 32.3 Å². The maximum Gasteiger partial charge on any atom is 0.509 e. The zero-order valence-corrected chi connectivity index (χ0v) is 25.3. The van der Waals surface area contributed by atoms with Crippen molar-refractivity contribution in [2.24, 2.45) is 0 Å². The lowest BCUT2D eigenvalue weighted by Crippen LogP contribution is -2.42. The van der Waals surface area contributed by atoms with Crippen LogP contribution in [0.2, 0.25) is 5.02 Å². The predicted octanol–water partition coefficient (Wildman–Crippen LogP) is 5.29. The van der Waals surface area contributed by atoms with Gasteiger partial charge >= 0.3 is 14.0 Å². The molecular formula is C27H31ClN5O9P. The lowest BCUT2D eigenvalue weighted by Gasteiger charge is -2.30. The summed E-state index contributed by atoms with van der Waals surface area (Å²) < 4.78 is 55.1. The summed E-state index contributed by atoms with van der Waals surface area (Å²) >= 11 is 6.12. The Bertz CT molecular complexity index is 1610. The van der Waals surface area contributed by atoms with Crippen LogP contribution in [-0.2, 0) is 32.3 Å². The van der Waals surface area contributed by atoms with E-state index in [1.54, 1.807) is 29.7 Å². The van der Waals surface area contributed by atoms with Gasteiger partial charge < -0.3 is 24.7 Å². The third-order valence-electron chi connectivity index (χ3n) is 7.29. The number of hydrogen-bond acceptors (Lipinski definition) is 13. The summed E-state index contributed by atoms with van der Waals surface area (Å²) in [4.78, 5) is 25.3. The van der Waals surface area contributed by atoms with Gasteiger partial charge in [-0.25, -0.2) is 14.3 Å². The number of phosphoric ester groups is 1. The van der Waals surface area contributed by atoms with Gasteiger partial charge in [-0.1, -0.05) is 35.4 Å². The van der Waals surface area contributed by atoms with E-state index < -0.39 is 44.1 Å². The van der Waals surface area contributed by atoms with Crippen molar-refractivity contribution in [3.8, 4) is 5.88 Å². The minimum Gasteiger partial charge on any atom is -0.476 e. The molecule has 0 aliphatic carbocycles. The van der Waals surface area contributed by atoms with Crippen LogP contribution in [0.4, 0.5) is 10.7 Å². The number of rotatable bonds is 9. The summed E-state index contributed by atoms with van der Waals surface area (Å²) in [6.45, 7) is 5.86. The van der Waals surface area contributed by atoms with Crippen molar-refractivity contribution in [3.63, 3.8) is 0 Å². The van der Waals surface area contributed by atoms with Crippen molar-refractivity contribution in [1.29, 1.82) is 0 Å². The van der Waals surface area contributed by atoms with Crippen molar-refractivity contribution in [1.82, 2.24) is 19.5 Å². The molecule has 14 nitrogen and oxygen atoms in total. The molecule has 6 unspecified atom stereocenters. The van der Waals surface area contributed by atoms with Gasteiger partial charge in [-0.15, -0.1) is 0 Å². The summed E-state index contributed by atoms with van der Waals surface area (Å²) in [7, 11) is -4.01. The highest BCUT2D eigenvalue weighted by molar-refractivity contribution is 7.48. The molecule has 3 aliphatic heterocycles. The maximum absolute atomic E-state index is 13.4. The Morgan fingerprint density at radius 2 is 2.16 bits per heavy atom. The second-order valence-electron chi connectivity index (χ2n) is 10.7. The minimum absolute atomic E-state index is 0.0373. The molecule has 230 valence electrons. The second kappa shape index (κ2) is 11.7. The molecule has 0 radical (unpaired) electrons. The summed E-state index contributed by atoms with van der Waals surface area (Å²) in [5.74, 6) is 0.172. The number of ether oxygens (including phenoxy) is 4. The monoisotopic (exact) mass is 635 g/mol. The lowest BCUT2D eigenvalue weighted by molar-refractivity contribution is -0.0925. The first-order valence-electron chi connectivity index (χ1n) is 13.7. The van der Waals surface area contributed by atoms with Gasteiger partial charge in [0.15, 0.2) is 29.1 Å². The molecular weight excluding hydrogens is 605 g/mol. The Kier molecular flexibility index (Phi) is 8.09. The molecule has 6 atom stereocenters. The number of nitrogens with two attached hydrogens (primary N) is 1. The fraction of sp³-hybridized carbons (Fsp3) is 0.481. The van der Waals surface area contributed by atoms with Crippen LogP contribution in [0.3, 0.4) is 0 Å². The molecule has 0 bridgehead atoms. The van der Waals surface area contributed by atoms with Crippen molar-refractivity contribution < 1.29 is 41.9 Å². The number of allylic oxidation sites excluding steroid dienone is 1. The van der Waals surface area contributed by atoms with E-state index in [2.05, 4.69) is 15.0 Å². The fourth-order valence-electron chi connectivity index (χ4n) is 5.32. The van der Waals surface area contributed by atoms with Gasteiger partial charge in [-0.3, -0.25) is 18.1 Å². The first-order valence-corrected chi connectivity index (χ1v) is 15.5. The molecule has 0 amide bonds. The maximum atomic E-state index is 13.4. The average Bonchev–Trinajstić information content (AvgIpc) is 3.58. The van der Waals surface area contributed by atoms with Gasteiger partial charge in [0, 0.05) is 11.4 Å². The Hall–Kier alpha value is -3.26. The third kappa shape index (κ3) is 5.95. The van der Waals surface area contributed by atoms with Crippen molar-refractivity contribution >= 4 is 42.7 Å². The molecule has 6 rings (SSSR count). The number of nitrogen functional groups attached to an aromatic ring is 1. The SMILES string of the molecule is CC(C)=CCCOc1nc(N)nc2c1ncn2C1OC(COP2(=O)OCCC(c3cccc(Cl)c3)O2)C2OC(=O)OC21C. The van der Waals surface area contributed by atoms with E-state index in [1.165, 1.54) is 11.9 Å². The topological polar surface area (TPSA) is 168 Å². The van der Waals surface area contributed by atoms with Crippen LogP contribution in [0.25, 0.3) is 11.2 Å². The van der Waals surface area contributed by atoms with E-state index in [9.17, 15) is 9.36 Å². The van der Waals surface area contributed by atoms with E-state index in [0.717, 1.165) is 5.56 Å². The highest BCUT2D eigenvalue weighted by Gasteiger charge is 2.64. The molecule has 3 saturated heterocycles. The molecule has 0 spiro atoms. The van der Waals surface area contributed by atoms with Crippen LogP contribution in [0, 0.1) is 0 Å². The summed E-state index contributed by atoms with van der Waals surface area (Å²) in [5, 5.41) is 0.526. The largest absolute Gasteiger partial charge is 0.509 e. The van der Waals surface area contributed by atoms with Gasteiger partial charge in [-0.2, -0.15) is 9.97 Å². The first-order chi connectivity index (χ1) is 20.5. The predicted molar refractivity (Wildman–Crippen MR) is 152 cm³/mol. The third-order valence-corrected chi connectivity index (χ3v) is 9.01. The van der Waals surface area contributed by atoms with E-state index in [1.807, 2.05) is 26.0 Å². The van der Waals surface area contributed by atoms with Crippen LogP contribution in [0.1, 0.15) is 51.5 Å². The molecule has 5 heterocycles. The number of benzene rings is 1. The lowest BCUT2D eigenvalue weighted by atomic mass is 9.96. The van der Waals surface area contributed by atoms with Gasteiger partial charge in [-0.05, 0) is 44.9 Å². The van der Waals surface area contributed by atoms with Crippen molar-refractivity contribution in [2.75, 3.05) is 25.6 Å². The number of anilines is 1. The summed E-state index contributed by atoms with van der Waals surface area (Å²) in [5.41, 5.74) is 7.25. The van der Waals surface area contributed by atoms with E-state index in [-0.39, 0.29) is 25.0 Å². The fourth-order valence-corrected chi connectivity index (χ4v) is 6.91. The molecule has 3 fully saturated rings. The summed E-state index contributed by atoms with van der Waals surface area (Å²) in [6.07, 6.45) is 0.398. The number of carbonyl (C=O) groups is 1. The number of carbonyl (C=O) groups excluding carboxylic acids is 1. The molecule has 3 aliphatic rings. The number of nitrogens with zero attached hydrogens (tertiary/aromatic N) is 4. The number of fused-ring (bicyclic) bond motifs is 2. The van der Waals surface area contributed by atoms with Crippen LogP contribution >= 0.6 is 19.4 Å². The van der Waals surface area contributed by atoms with Gasteiger partial charge in [0.2, 0.25) is 11.8 Å². The second-order valence-corrected chi connectivity index (χ2v) is 12.8. The van der Waals surface area contributed by atoms with Crippen LogP contribution in [-0.4, -0.2) is 63.3 Å². The van der Waals surface area contributed by atoms with E-state index in [4.69, 9.17) is 49.9 Å². The quantitative estimate of drug-likeness (QED) is 0.139. The summed E-state index contributed by atoms with van der Waals surface area (Å²) in [6, 6.07) is 7.07. The van der Waals surface area contributed by atoms with Crippen LogP contribution in [0.5, 0.6) is 5.88 Å². The Morgan fingerprint density at radius 3 is 2.95 bits per heavy atom. The van der Waals surface area contributed by atoms with Crippen LogP contribution in [0.15, 0.2) is 42.2 Å². The molecule has 43 heavy (non-hydrogen) atoms. The number of hydrogen-bond donors (Lipinski definition) is 1. The zero-order valence-electron chi connectivity index (χ0n) is 23.7. The van der Waals surface area contributed by atoms with Crippen LogP contribution < -0.4 is 10.5 Å². The Morgan fingerprint density at radius 1 is 1.33 bits per heavy atom.